The molecule has 5 nitrogen and oxygen atoms in total. The monoisotopic (exact) mass is 352 g/mol. The number of nitrogens with one attached hydrogen (secondary N) is 1. The average molecular weight is 352 g/mol. The van der Waals surface area contributed by atoms with Crippen LogP contribution in [0.2, 0.25) is 0 Å². The van der Waals surface area contributed by atoms with Crippen LogP contribution >= 0.6 is 0 Å². The molecule has 2 fully saturated rings. The van der Waals surface area contributed by atoms with Gasteiger partial charge in [-0.25, -0.2) is 5.01 Å². The van der Waals surface area contributed by atoms with Crippen LogP contribution in [-0.4, -0.2) is 28.8 Å². The van der Waals surface area contributed by atoms with Gasteiger partial charge in [0.05, 0.1) is 5.54 Å². The van der Waals surface area contributed by atoms with Crippen LogP contribution in [0.5, 0.6) is 0 Å². The Hall–Kier alpha value is -2.04. The molecule has 0 saturated heterocycles. The summed E-state index contributed by atoms with van der Waals surface area (Å²) in [6, 6.07) is 8.35. The molecule has 1 aromatic carbocycles. The van der Waals surface area contributed by atoms with E-state index in [1.165, 1.54) is 30.5 Å². The highest BCUT2D eigenvalue weighted by atomic mass is 16.2. The van der Waals surface area contributed by atoms with Crippen LogP contribution in [0.25, 0.3) is 0 Å². The van der Waals surface area contributed by atoms with E-state index in [9.17, 15) is 4.79 Å². The molecule has 2 heterocycles. The summed E-state index contributed by atoms with van der Waals surface area (Å²) in [6.45, 7) is 3.12. The number of benzene rings is 1. The molecule has 3 atom stereocenters. The minimum absolute atomic E-state index is 0.131. The van der Waals surface area contributed by atoms with Crippen LogP contribution < -0.4 is 11.1 Å². The average Bonchev–Trinajstić information content (AvgIpc) is 3.35. The Morgan fingerprint density at radius 2 is 2.08 bits per heavy atom. The molecule has 5 rings (SSSR count). The maximum absolute atomic E-state index is 13.2. The molecule has 0 aromatic heterocycles. The van der Waals surface area contributed by atoms with E-state index in [0.29, 0.717) is 17.7 Å². The van der Waals surface area contributed by atoms with Gasteiger partial charge in [0.1, 0.15) is 5.84 Å². The van der Waals surface area contributed by atoms with Gasteiger partial charge >= 0.3 is 0 Å². The van der Waals surface area contributed by atoms with Gasteiger partial charge in [0.2, 0.25) is 5.91 Å². The van der Waals surface area contributed by atoms with Crippen LogP contribution in [0.15, 0.2) is 29.4 Å². The molecule has 1 amide bonds. The number of hydrogen-bond donors (Lipinski definition) is 2. The third kappa shape index (κ3) is 2.36. The molecule has 26 heavy (non-hydrogen) atoms. The van der Waals surface area contributed by atoms with Gasteiger partial charge in [-0.2, -0.15) is 5.10 Å². The first-order valence-corrected chi connectivity index (χ1v) is 10.0. The van der Waals surface area contributed by atoms with Gasteiger partial charge in [0.25, 0.3) is 0 Å². The first kappa shape index (κ1) is 16.2. The van der Waals surface area contributed by atoms with Crippen molar-refractivity contribution in [2.45, 2.75) is 63.3 Å². The lowest BCUT2D eigenvalue weighted by molar-refractivity contribution is -0.139. The molecular formula is C21H28N4O. The zero-order chi connectivity index (χ0) is 17.9. The fourth-order valence-electron chi connectivity index (χ4n) is 5.45. The van der Waals surface area contributed by atoms with Crippen molar-refractivity contribution in [2.24, 2.45) is 22.2 Å². The van der Waals surface area contributed by atoms with Crippen LogP contribution in [0.4, 0.5) is 5.69 Å². The zero-order valence-electron chi connectivity index (χ0n) is 15.5. The predicted octanol–water partition coefficient (Wildman–Crippen LogP) is 3.43. The predicted molar refractivity (Wildman–Crippen MR) is 103 cm³/mol. The van der Waals surface area contributed by atoms with Crippen LogP contribution in [0.3, 0.4) is 0 Å². The van der Waals surface area contributed by atoms with E-state index in [4.69, 9.17) is 5.73 Å². The topological polar surface area (TPSA) is 70.7 Å². The van der Waals surface area contributed by atoms with E-state index in [0.717, 1.165) is 25.8 Å². The molecule has 3 N–H and O–H groups in total. The van der Waals surface area contributed by atoms with Crippen molar-refractivity contribution in [3.63, 3.8) is 0 Å². The first-order chi connectivity index (χ1) is 12.5. The van der Waals surface area contributed by atoms with Gasteiger partial charge < -0.3 is 11.1 Å². The molecule has 2 aliphatic heterocycles. The molecule has 5 heteroatoms. The number of nitrogens with two attached hydrogens (primary N) is 1. The molecule has 1 aromatic rings. The minimum atomic E-state index is -0.221. The van der Waals surface area contributed by atoms with Crippen LogP contribution in [0.1, 0.15) is 63.4 Å². The van der Waals surface area contributed by atoms with Crippen molar-refractivity contribution in [2.75, 3.05) is 11.9 Å². The second-order valence-electron chi connectivity index (χ2n) is 9.05. The second kappa shape index (κ2) is 5.48. The van der Waals surface area contributed by atoms with Crippen molar-refractivity contribution in [3.05, 3.63) is 29.8 Å². The van der Waals surface area contributed by atoms with Gasteiger partial charge in [0.15, 0.2) is 0 Å². The number of rotatable bonds is 2. The molecule has 1 spiro atoms. The smallest absolute Gasteiger partial charge is 0.243 e. The lowest BCUT2D eigenvalue weighted by atomic mass is 9.68. The summed E-state index contributed by atoms with van der Waals surface area (Å²) in [6.07, 6.45) is 7.50. The van der Waals surface area contributed by atoms with E-state index in [-0.39, 0.29) is 23.3 Å². The summed E-state index contributed by atoms with van der Waals surface area (Å²) in [5.41, 5.74) is 9.02. The summed E-state index contributed by atoms with van der Waals surface area (Å²) in [4.78, 5) is 13.2. The number of amidine groups is 1. The fourth-order valence-corrected chi connectivity index (χ4v) is 5.45. The Labute approximate surface area is 155 Å². The number of para-hydroxylation sites is 1. The summed E-state index contributed by atoms with van der Waals surface area (Å²) in [5.74, 6) is 1.31. The van der Waals surface area contributed by atoms with Gasteiger partial charge in [-0.3, -0.25) is 4.79 Å². The van der Waals surface area contributed by atoms with Crippen molar-refractivity contribution >= 4 is 17.4 Å². The zero-order valence-corrected chi connectivity index (χ0v) is 15.5. The number of anilines is 1. The van der Waals surface area contributed by atoms with Gasteiger partial charge in [-0.15, -0.1) is 0 Å². The standard InChI is InChI=1S/C21H28N4O/c1-20-7-8-21(9-10-21)13-16(20)19(22)24-25(20)18(26)12-14-6-11-23-17-5-3-2-4-15(14)17/h2-5,14,16,23H,6-13H2,1H3,(H2,22,24). The van der Waals surface area contributed by atoms with Gasteiger partial charge in [0, 0.05) is 24.6 Å². The Kier molecular flexibility index (Phi) is 3.40. The van der Waals surface area contributed by atoms with Crippen molar-refractivity contribution in [1.29, 1.82) is 0 Å². The molecule has 2 saturated carbocycles. The molecule has 0 bridgehead atoms. The number of hydrazone groups is 1. The summed E-state index contributed by atoms with van der Waals surface area (Å²) < 4.78 is 0. The highest BCUT2D eigenvalue weighted by Crippen LogP contribution is 2.61. The van der Waals surface area contributed by atoms with Gasteiger partial charge in [-0.05, 0) is 68.4 Å². The number of carbonyl (C=O) groups excluding carboxylic acids is 1. The lowest BCUT2D eigenvalue weighted by Crippen LogP contribution is -2.52. The Bertz CT molecular complexity index is 784. The largest absolute Gasteiger partial charge is 0.385 e. The number of nitrogens with zero attached hydrogens (tertiary/aromatic N) is 2. The van der Waals surface area contributed by atoms with Crippen LogP contribution in [-0.2, 0) is 4.79 Å². The summed E-state index contributed by atoms with van der Waals surface area (Å²) >= 11 is 0. The molecule has 138 valence electrons. The number of fused-ring (bicyclic) bond motifs is 2. The Morgan fingerprint density at radius 3 is 2.88 bits per heavy atom. The summed E-state index contributed by atoms with van der Waals surface area (Å²) in [5, 5.41) is 9.79. The third-order valence-corrected chi connectivity index (χ3v) is 7.43. The minimum Gasteiger partial charge on any atom is -0.385 e. The Morgan fingerprint density at radius 1 is 1.31 bits per heavy atom. The van der Waals surface area contributed by atoms with E-state index in [2.05, 4.69) is 35.5 Å². The van der Waals surface area contributed by atoms with E-state index in [1.54, 1.807) is 5.01 Å². The van der Waals surface area contributed by atoms with Crippen molar-refractivity contribution in [3.8, 4) is 0 Å². The number of hydrogen-bond acceptors (Lipinski definition) is 4. The summed E-state index contributed by atoms with van der Waals surface area (Å²) in [7, 11) is 0. The van der Waals surface area contributed by atoms with Crippen molar-refractivity contribution < 1.29 is 4.79 Å². The normalized spacial score (nSPS) is 33.9. The molecule has 0 radical (unpaired) electrons. The molecular weight excluding hydrogens is 324 g/mol. The first-order valence-electron chi connectivity index (χ1n) is 10.0. The van der Waals surface area contributed by atoms with E-state index < -0.39 is 0 Å². The Balaban J connectivity index is 1.36. The lowest BCUT2D eigenvalue weighted by Gasteiger charge is -2.44. The number of carbonyl (C=O) groups is 1. The van der Waals surface area contributed by atoms with Gasteiger partial charge in [-0.1, -0.05) is 18.2 Å². The maximum atomic E-state index is 13.2. The molecule has 4 aliphatic rings. The van der Waals surface area contributed by atoms with Crippen LogP contribution in [0, 0.1) is 11.3 Å². The second-order valence-corrected chi connectivity index (χ2v) is 9.05. The SMILES string of the molecule is CC12CCC3(CC3)CC1C(N)=NN2C(=O)CC1CCNc2ccccc21. The van der Waals surface area contributed by atoms with E-state index >= 15 is 0 Å². The molecule has 3 unspecified atom stereocenters. The fraction of sp³-hybridized carbons (Fsp3) is 0.619. The highest BCUT2D eigenvalue weighted by molar-refractivity contribution is 5.90. The van der Waals surface area contributed by atoms with E-state index in [1.807, 2.05) is 6.07 Å². The number of amides is 1. The third-order valence-electron chi connectivity index (χ3n) is 7.43. The molecule has 2 aliphatic carbocycles. The van der Waals surface area contributed by atoms with Crippen molar-refractivity contribution in [1.82, 2.24) is 5.01 Å². The maximum Gasteiger partial charge on any atom is 0.243 e. The highest BCUT2D eigenvalue weighted by Gasteiger charge is 2.59. The quantitative estimate of drug-likeness (QED) is 0.857.